The van der Waals surface area contributed by atoms with Gasteiger partial charge in [-0.2, -0.15) is 0 Å². The van der Waals surface area contributed by atoms with E-state index in [9.17, 15) is 18.4 Å². The van der Waals surface area contributed by atoms with Crippen molar-refractivity contribution in [3.8, 4) is 11.5 Å². The Kier molecular flexibility index (Phi) is 5.59. The normalized spacial score (nSPS) is 13.6. The fourth-order valence-electron chi connectivity index (χ4n) is 3.44. The van der Waals surface area contributed by atoms with E-state index in [1.165, 1.54) is 62.8 Å². The van der Waals surface area contributed by atoms with Gasteiger partial charge in [0.1, 0.15) is 17.3 Å². The number of halogens is 2. The van der Waals surface area contributed by atoms with Crippen LogP contribution >= 0.6 is 0 Å². The Morgan fingerprint density at radius 1 is 0.781 bits per heavy atom. The van der Waals surface area contributed by atoms with Crippen LogP contribution in [0.2, 0.25) is 0 Å². The zero-order valence-electron chi connectivity index (χ0n) is 17.2. The number of nitrogens with zero attached hydrogens (tertiary/aromatic N) is 1. The first-order valence-electron chi connectivity index (χ1n) is 9.56. The molecule has 1 N–H and O–H groups in total. The average molecular weight is 436 g/mol. The Balaban J connectivity index is 1.82. The Labute approximate surface area is 182 Å². The molecule has 0 atom stereocenters. The minimum atomic E-state index is -0.647. The molecule has 0 aliphatic carbocycles. The summed E-state index contributed by atoms with van der Waals surface area (Å²) in [6, 6.07) is 15.3. The van der Waals surface area contributed by atoms with Crippen molar-refractivity contribution >= 4 is 28.8 Å². The van der Waals surface area contributed by atoms with Crippen molar-refractivity contribution in [1.29, 1.82) is 0 Å². The van der Waals surface area contributed by atoms with Crippen molar-refractivity contribution in [2.75, 3.05) is 24.4 Å². The Morgan fingerprint density at radius 2 is 1.50 bits per heavy atom. The quantitative estimate of drug-likeness (QED) is 0.581. The molecule has 1 aliphatic rings. The lowest BCUT2D eigenvalue weighted by atomic mass is 10.0. The highest BCUT2D eigenvalue weighted by Gasteiger charge is 2.40. The minimum Gasteiger partial charge on any atom is -0.493 e. The van der Waals surface area contributed by atoms with Crippen molar-refractivity contribution in [2.24, 2.45) is 0 Å². The van der Waals surface area contributed by atoms with Crippen LogP contribution in [0.25, 0.3) is 5.57 Å². The van der Waals surface area contributed by atoms with E-state index in [1.54, 1.807) is 18.2 Å². The maximum Gasteiger partial charge on any atom is 0.282 e. The highest BCUT2D eigenvalue weighted by atomic mass is 19.1. The number of imide groups is 1. The van der Waals surface area contributed by atoms with Crippen molar-refractivity contribution in [2.45, 2.75) is 0 Å². The predicted molar refractivity (Wildman–Crippen MR) is 115 cm³/mol. The van der Waals surface area contributed by atoms with Crippen LogP contribution in [0.3, 0.4) is 0 Å². The van der Waals surface area contributed by atoms with Crippen molar-refractivity contribution in [3.05, 3.63) is 89.6 Å². The van der Waals surface area contributed by atoms with Gasteiger partial charge in [0.15, 0.2) is 11.5 Å². The molecule has 32 heavy (non-hydrogen) atoms. The smallest absolute Gasteiger partial charge is 0.282 e. The summed E-state index contributed by atoms with van der Waals surface area (Å²) in [6.07, 6.45) is 0. The predicted octanol–water partition coefficient (Wildman–Crippen LogP) is 4.38. The van der Waals surface area contributed by atoms with E-state index in [0.29, 0.717) is 17.1 Å². The largest absolute Gasteiger partial charge is 0.493 e. The number of nitrogens with one attached hydrogen (secondary N) is 1. The second-order valence-corrected chi connectivity index (χ2v) is 6.88. The molecule has 2 amide bonds. The first kappa shape index (κ1) is 21.0. The lowest BCUT2D eigenvalue weighted by Gasteiger charge is -2.17. The third kappa shape index (κ3) is 3.78. The molecule has 1 heterocycles. The van der Waals surface area contributed by atoms with Crippen LogP contribution in [0.1, 0.15) is 5.56 Å². The van der Waals surface area contributed by atoms with Gasteiger partial charge in [0.25, 0.3) is 11.8 Å². The van der Waals surface area contributed by atoms with Crippen LogP contribution in [0, 0.1) is 11.6 Å². The van der Waals surface area contributed by atoms with E-state index in [4.69, 9.17) is 9.47 Å². The first-order valence-corrected chi connectivity index (χ1v) is 9.56. The van der Waals surface area contributed by atoms with Gasteiger partial charge in [0.2, 0.25) is 0 Å². The Hall–Kier alpha value is -4.20. The lowest BCUT2D eigenvalue weighted by molar-refractivity contribution is -0.120. The van der Waals surface area contributed by atoms with E-state index < -0.39 is 23.4 Å². The number of anilines is 2. The topological polar surface area (TPSA) is 67.9 Å². The van der Waals surface area contributed by atoms with Gasteiger partial charge in [-0.05, 0) is 48.0 Å². The molecule has 0 saturated heterocycles. The van der Waals surface area contributed by atoms with Crippen LogP contribution in [-0.2, 0) is 9.59 Å². The zero-order valence-corrected chi connectivity index (χ0v) is 17.2. The molecule has 0 saturated carbocycles. The Morgan fingerprint density at radius 3 is 2.16 bits per heavy atom. The van der Waals surface area contributed by atoms with Crippen LogP contribution in [0.5, 0.6) is 11.5 Å². The molecular formula is C24H18F2N2O4. The molecule has 0 bridgehead atoms. The van der Waals surface area contributed by atoms with Crippen LogP contribution in [-0.4, -0.2) is 26.0 Å². The fraction of sp³-hybridized carbons (Fsp3) is 0.0833. The summed E-state index contributed by atoms with van der Waals surface area (Å²) < 4.78 is 37.7. The summed E-state index contributed by atoms with van der Waals surface area (Å²) in [7, 11) is 2.91. The number of hydrogen-bond acceptors (Lipinski definition) is 5. The third-order valence-corrected chi connectivity index (χ3v) is 4.94. The van der Waals surface area contributed by atoms with Gasteiger partial charge < -0.3 is 14.8 Å². The van der Waals surface area contributed by atoms with Gasteiger partial charge in [-0.3, -0.25) is 9.59 Å². The van der Waals surface area contributed by atoms with E-state index in [-0.39, 0.29) is 22.6 Å². The maximum absolute atomic E-state index is 13.7. The molecule has 0 spiro atoms. The Bertz CT molecular complexity index is 1240. The molecule has 1 aliphatic heterocycles. The summed E-state index contributed by atoms with van der Waals surface area (Å²) in [5.74, 6) is -1.49. The molecule has 0 aromatic heterocycles. The molecule has 0 unspecified atom stereocenters. The number of rotatable bonds is 6. The monoisotopic (exact) mass is 436 g/mol. The van der Waals surface area contributed by atoms with E-state index in [2.05, 4.69) is 5.32 Å². The lowest BCUT2D eigenvalue weighted by Crippen LogP contribution is -2.32. The van der Waals surface area contributed by atoms with Crippen LogP contribution < -0.4 is 19.7 Å². The highest BCUT2D eigenvalue weighted by Crippen LogP contribution is 2.37. The number of benzene rings is 3. The number of carbonyl (C=O) groups is 2. The molecule has 0 fully saturated rings. The second kappa shape index (κ2) is 8.50. The maximum atomic E-state index is 13.7. The van der Waals surface area contributed by atoms with Crippen molar-refractivity contribution < 1.29 is 27.8 Å². The van der Waals surface area contributed by atoms with Gasteiger partial charge in [-0.1, -0.05) is 18.2 Å². The highest BCUT2D eigenvalue weighted by molar-refractivity contribution is 6.46. The van der Waals surface area contributed by atoms with Crippen LogP contribution in [0.4, 0.5) is 20.2 Å². The van der Waals surface area contributed by atoms with Gasteiger partial charge in [-0.25, -0.2) is 13.7 Å². The SMILES string of the molecule is COc1ccc(N2C(=O)C(Nc3cccc(F)c3)=C(c3ccc(F)cc3)C2=O)cc1OC. The molecule has 4 rings (SSSR count). The summed E-state index contributed by atoms with van der Waals surface area (Å²) >= 11 is 0. The van der Waals surface area contributed by atoms with Gasteiger partial charge in [-0.15, -0.1) is 0 Å². The molecule has 0 radical (unpaired) electrons. The standard InChI is InChI=1S/C24H18F2N2O4/c1-31-19-11-10-18(13-20(19)32-2)28-23(29)21(14-6-8-15(25)9-7-14)22(24(28)30)27-17-5-3-4-16(26)12-17/h3-13,27H,1-2H3. The molecule has 6 nitrogen and oxygen atoms in total. The molecular weight excluding hydrogens is 418 g/mol. The molecule has 162 valence electrons. The van der Waals surface area contributed by atoms with Gasteiger partial charge in [0, 0.05) is 11.8 Å². The van der Waals surface area contributed by atoms with Crippen molar-refractivity contribution in [3.63, 3.8) is 0 Å². The zero-order chi connectivity index (χ0) is 22.8. The fourth-order valence-corrected chi connectivity index (χ4v) is 3.44. The number of carbonyl (C=O) groups excluding carboxylic acids is 2. The van der Waals surface area contributed by atoms with E-state index in [0.717, 1.165) is 4.90 Å². The second-order valence-electron chi connectivity index (χ2n) is 6.88. The average Bonchev–Trinajstić information content (AvgIpc) is 3.03. The van der Waals surface area contributed by atoms with E-state index >= 15 is 0 Å². The number of ether oxygens (including phenoxy) is 2. The van der Waals surface area contributed by atoms with Crippen LogP contribution in [0.15, 0.2) is 72.4 Å². The minimum absolute atomic E-state index is 0.0362. The number of methoxy groups -OCH3 is 2. The van der Waals surface area contributed by atoms with Crippen molar-refractivity contribution in [1.82, 2.24) is 0 Å². The van der Waals surface area contributed by atoms with E-state index in [1.807, 2.05) is 0 Å². The summed E-state index contributed by atoms with van der Waals surface area (Å²) in [5, 5.41) is 2.85. The third-order valence-electron chi connectivity index (χ3n) is 4.94. The summed E-state index contributed by atoms with van der Waals surface area (Å²) in [4.78, 5) is 27.7. The summed E-state index contributed by atoms with van der Waals surface area (Å²) in [5.41, 5.74) is 0.867. The molecule has 3 aromatic rings. The molecule has 8 heteroatoms. The summed E-state index contributed by atoms with van der Waals surface area (Å²) in [6.45, 7) is 0. The number of amides is 2. The first-order chi connectivity index (χ1) is 15.4. The molecule has 3 aromatic carbocycles. The number of hydrogen-bond donors (Lipinski definition) is 1. The van der Waals surface area contributed by atoms with Gasteiger partial charge in [0.05, 0.1) is 25.5 Å². The van der Waals surface area contributed by atoms with Gasteiger partial charge >= 0.3 is 0 Å².